The fourth-order valence-corrected chi connectivity index (χ4v) is 2.29. The highest BCUT2D eigenvalue weighted by Crippen LogP contribution is 2.23. The summed E-state index contributed by atoms with van der Waals surface area (Å²) < 4.78 is 13.0. The molecule has 0 amide bonds. The van der Waals surface area contributed by atoms with Crippen LogP contribution in [0.1, 0.15) is 18.9 Å². The van der Waals surface area contributed by atoms with Gasteiger partial charge in [-0.3, -0.25) is 0 Å². The van der Waals surface area contributed by atoms with Crippen LogP contribution in [0.5, 0.6) is 0 Å². The Morgan fingerprint density at radius 2 is 1.70 bits per heavy atom. The van der Waals surface area contributed by atoms with Gasteiger partial charge in [-0.1, -0.05) is 37.3 Å². The normalized spacial score (nSPS) is 13.8. The summed E-state index contributed by atoms with van der Waals surface area (Å²) in [7, 11) is 0. The molecule has 3 heteroatoms. The van der Waals surface area contributed by atoms with Gasteiger partial charge in [0.25, 0.3) is 0 Å². The number of rotatable bonds is 6. The molecule has 0 spiro atoms. The van der Waals surface area contributed by atoms with Crippen LogP contribution < -0.4 is 5.32 Å². The van der Waals surface area contributed by atoms with Gasteiger partial charge in [0.05, 0.1) is 12.1 Å². The lowest BCUT2D eigenvalue weighted by molar-refractivity contribution is 0.205. The zero-order valence-corrected chi connectivity index (χ0v) is 11.6. The summed E-state index contributed by atoms with van der Waals surface area (Å²) in [6.45, 7) is 2.06. The van der Waals surface area contributed by atoms with E-state index in [1.807, 2.05) is 37.3 Å². The third-order valence-corrected chi connectivity index (χ3v) is 3.62. The molecule has 20 heavy (non-hydrogen) atoms. The van der Waals surface area contributed by atoms with Crippen molar-refractivity contribution >= 4 is 5.69 Å². The molecule has 0 bridgehead atoms. The van der Waals surface area contributed by atoms with E-state index < -0.39 is 5.54 Å². The van der Waals surface area contributed by atoms with Crippen molar-refractivity contribution in [2.45, 2.75) is 25.3 Å². The summed E-state index contributed by atoms with van der Waals surface area (Å²) in [4.78, 5) is 0. The Bertz CT molecular complexity index is 520. The highest BCUT2D eigenvalue weighted by Gasteiger charge is 2.27. The highest BCUT2D eigenvalue weighted by molar-refractivity contribution is 5.46. The number of benzene rings is 2. The molecule has 1 unspecified atom stereocenters. The van der Waals surface area contributed by atoms with Crippen LogP contribution >= 0.6 is 0 Å². The Morgan fingerprint density at radius 1 is 1.05 bits per heavy atom. The first-order valence-corrected chi connectivity index (χ1v) is 6.86. The van der Waals surface area contributed by atoms with Crippen molar-refractivity contribution in [3.8, 4) is 0 Å². The molecule has 0 aliphatic carbocycles. The van der Waals surface area contributed by atoms with Crippen LogP contribution in [0, 0.1) is 5.82 Å². The van der Waals surface area contributed by atoms with Crippen LogP contribution in [0.4, 0.5) is 10.1 Å². The average molecular weight is 273 g/mol. The van der Waals surface area contributed by atoms with Gasteiger partial charge in [-0.2, -0.15) is 0 Å². The van der Waals surface area contributed by atoms with E-state index in [9.17, 15) is 9.50 Å². The van der Waals surface area contributed by atoms with E-state index in [1.165, 1.54) is 12.1 Å². The SMILES string of the molecule is CCC(CO)(Cc1ccccc1)Nc1ccc(F)cc1. The summed E-state index contributed by atoms with van der Waals surface area (Å²) in [6.07, 6.45) is 1.49. The van der Waals surface area contributed by atoms with E-state index in [2.05, 4.69) is 5.32 Å². The zero-order chi connectivity index (χ0) is 14.4. The van der Waals surface area contributed by atoms with Crippen molar-refractivity contribution in [3.63, 3.8) is 0 Å². The number of aliphatic hydroxyl groups excluding tert-OH is 1. The predicted molar refractivity (Wildman–Crippen MR) is 80.3 cm³/mol. The van der Waals surface area contributed by atoms with Gasteiger partial charge in [-0.05, 0) is 42.7 Å². The number of hydrogen-bond acceptors (Lipinski definition) is 2. The maximum absolute atomic E-state index is 13.0. The topological polar surface area (TPSA) is 32.3 Å². The van der Waals surface area contributed by atoms with Crippen molar-refractivity contribution in [2.75, 3.05) is 11.9 Å². The smallest absolute Gasteiger partial charge is 0.123 e. The lowest BCUT2D eigenvalue weighted by atomic mass is 9.88. The molecule has 0 aliphatic rings. The maximum atomic E-state index is 13.0. The van der Waals surface area contributed by atoms with Gasteiger partial charge >= 0.3 is 0 Å². The number of anilines is 1. The first kappa shape index (κ1) is 14.5. The van der Waals surface area contributed by atoms with Crippen molar-refractivity contribution < 1.29 is 9.50 Å². The van der Waals surface area contributed by atoms with Crippen LogP contribution in [0.3, 0.4) is 0 Å². The fraction of sp³-hybridized carbons (Fsp3) is 0.294. The first-order valence-electron chi connectivity index (χ1n) is 6.86. The summed E-state index contributed by atoms with van der Waals surface area (Å²) in [5.74, 6) is -0.260. The van der Waals surface area contributed by atoms with Crippen LogP contribution in [0.2, 0.25) is 0 Å². The summed E-state index contributed by atoms with van der Waals surface area (Å²) in [5.41, 5.74) is 1.55. The molecule has 0 aromatic heterocycles. The molecule has 2 aromatic carbocycles. The quantitative estimate of drug-likeness (QED) is 0.842. The van der Waals surface area contributed by atoms with Crippen LogP contribution in [-0.4, -0.2) is 17.3 Å². The van der Waals surface area contributed by atoms with Crippen LogP contribution in [0.15, 0.2) is 54.6 Å². The maximum Gasteiger partial charge on any atom is 0.123 e. The van der Waals surface area contributed by atoms with Crippen LogP contribution in [-0.2, 0) is 6.42 Å². The molecule has 2 aromatic rings. The van der Waals surface area contributed by atoms with E-state index in [4.69, 9.17) is 0 Å². The van der Waals surface area contributed by atoms with Crippen molar-refractivity contribution in [2.24, 2.45) is 0 Å². The minimum Gasteiger partial charge on any atom is -0.394 e. The second-order valence-electron chi connectivity index (χ2n) is 5.09. The van der Waals surface area contributed by atoms with Gasteiger partial charge in [0, 0.05) is 5.69 Å². The molecular weight excluding hydrogens is 253 g/mol. The lowest BCUT2D eigenvalue weighted by Crippen LogP contribution is -2.43. The summed E-state index contributed by atoms with van der Waals surface area (Å²) in [6, 6.07) is 16.3. The molecule has 0 fully saturated rings. The molecule has 1 atom stereocenters. The Labute approximate surface area is 119 Å². The summed E-state index contributed by atoms with van der Waals surface area (Å²) >= 11 is 0. The average Bonchev–Trinajstić information content (AvgIpc) is 2.50. The van der Waals surface area contributed by atoms with Crippen molar-refractivity contribution in [1.29, 1.82) is 0 Å². The zero-order valence-electron chi connectivity index (χ0n) is 11.6. The van der Waals surface area contributed by atoms with E-state index in [-0.39, 0.29) is 12.4 Å². The van der Waals surface area contributed by atoms with Crippen molar-refractivity contribution in [3.05, 3.63) is 66.0 Å². The third kappa shape index (κ3) is 3.58. The number of hydrogen-bond donors (Lipinski definition) is 2. The molecule has 0 saturated carbocycles. The van der Waals surface area contributed by atoms with Gasteiger partial charge in [-0.15, -0.1) is 0 Å². The minimum atomic E-state index is -0.431. The van der Waals surface area contributed by atoms with Crippen LogP contribution in [0.25, 0.3) is 0 Å². The third-order valence-electron chi connectivity index (χ3n) is 3.62. The molecule has 2 nitrogen and oxygen atoms in total. The van der Waals surface area contributed by atoms with Crippen molar-refractivity contribution in [1.82, 2.24) is 0 Å². The molecule has 2 N–H and O–H groups in total. The Kier molecular flexibility index (Phi) is 4.74. The van der Waals surface area contributed by atoms with Gasteiger partial charge in [-0.25, -0.2) is 4.39 Å². The Hall–Kier alpha value is -1.87. The molecule has 0 radical (unpaired) electrons. The Morgan fingerprint density at radius 3 is 2.25 bits per heavy atom. The van der Waals surface area contributed by atoms with Gasteiger partial charge < -0.3 is 10.4 Å². The number of nitrogens with one attached hydrogen (secondary N) is 1. The van der Waals surface area contributed by atoms with E-state index in [0.29, 0.717) is 0 Å². The fourth-order valence-electron chi connectivity index (χ4n) is 2.29. The highest BCUT2D eigenvalue weighted by atomic mass is 19.1. The first-order chi connectivity index (χ1) is 9.67. The second kappa shape index (κ2) is 6.53. The van der Waals surface area contributed by atoms with E-state index in [1.54, 1.807) is 12.1 Å². The molecule has 0 saturated heterocycles. The monoisotopic (exact) mass is 273 g/mol. The van der Waals surface area contributed by atoms with Gasteiger partial charge in [0.1, 0.15) is 5.82 Å². The molecule has 2 rings (SSSR count). The summed E-state index contributed by atoms with van der Waals surface area (Å²) in [5, 5.41) is 13.2. The molecule has 0 aliphatic heterocycles. The number of aliphatic hydroxyl groups is 1. The molecule has 0 heterocycles. The Balaban J connectivity index is 2.18. The minimum absolute atomic E-state index is 0.0236. The standard InChI is InChI=1S/C17H20FNO/c1-2-17(13-20,12-14-6-4-3-5-7-14)19-16-10-8-15(18)9-11-16/h3-11,19-20H,2,12-13H2,1H3. The molecular formula is C17H20FNO. The van der Waals surface area contributed by atoms with Gasteiger partial charge in [0.2, 0.25) is 0 Å². The number of halogens is 1. The van der Waals surface area contributed by atoms with Gasteiger partial charge in [0.15, 0.2) is 0 Å². The lowest BCUT2D eigenvalue weighted by Gasteiger charge is -2.33. The van der Waals surface area contributed by atoms with E-state index in [0.717, 1.165) is 24.1 Å². The molecule has 106 valence electrons. The van der Waals surface area contributed by atoms with E-state index >= 15 is 0 Å². The second-order valence-corrected chi connectivity index (χ2v) is 5.09. The predicted octanol–water partition coefficient (Wildman–Crippen LogP) is 3.62. The largest absolute Gasteiger partial charge is 0.394 e.